The zero-order chi connectivity index (χ0) is 19.3. The van der Waals surface area contributed by atoms with Crippen molar-refractivity contribution in [1.82, 2.24) is 20.1 Å². The number of piperidine rings is 3. The summed E-state index contributed by atoms with van der Waals surface area (Å²) in [7, 11) is 2.22. The molecule has 1 unspecified atom stereocenters. The first-order chi connectivity index (χ1) is 13.7. The molecule has 0 saturated carbocycles. The van der Waals surface area contributed by atoms with Gasteiger partial charge in [0.2, 0.25) is 0 Å². The molecule has 0 aliphatic carbocycles. The molecule has 6 nitrogen and oxygen atoms in total. The summed E-state index contributed by atoms with van der Waals surface area (Å²) in [5.41, 5.74) is 1.16. The Balaban J connectivity index is 1.22. The van der Waals surface area contributed by atoms with Gasteiger partial charge in [-0.15, -0.1) is 0 Å². The number of carbonyl (C=O) groups excluding carboxylic acids is 1. The summed E-state index contributed by atoms with van der Waals surface area (Å²) < 4.78 is 5.18. The van der Waals surface area contributed by atoms with Crippen LogP contribution in [0.15, 0.2) is 47.2 Å². The first-order valence-corrected chi connectivity index (χ1v) is 10.3. The van der Waals surface area contributed by atoms with Gasteiger partial charge < -0.3 is 14.6 Å². The quantitative estimate of drug-likeness (QED) is 0.759. The number of nitrogens with zero attached hydrogens (tertiary/aromatic N) is 3. The highest BCUT2D eigenvalue weighted by atomic mass is 16.3. The lowest BCUT2D eigenvalue weighted by Crippen LogP contribution is -2.58. The van der Waals surface area contributed by atoms with Crippen LogP contribution in [0, 0.1) is 11.8 Å². The number of furan rings is 1. The fraction of sp³-hybridized carbons (Fsp3) is 0.545. The van der Waals surface area contributed by atoms with Crippen molar-refractivity contribution in [3.05, 3.63) is 54.2 Å². The van der Waals surface area contributed by atoms with E-state index in [9.17, 15) is 4.79 Å². The topological polar surface area (TPSA) is 61.6 Å². The van der Waals surface area contributed by atoms with Crippen molar-refractivity contribution >= 4 is 5.91 Å². The summed E-state index contributed by atoms with van der Waals surface area (Å²) in [5.74, 6) is 1.76. The Kier molecular flexibility index (Phi) is 6.07. The molecular formula is C22H30N4O2. The van der Waals surface area contributed by atoms with Crippen LogP contribution in [0.2, 0.25) is 0 Å². The fourth-order valence-electron chi connectivity index (χ4n) is 4.72. The molecule has 0 radical (unpaired) electrons. The third kappa shape index (κ3) is 4.62. The van der Waals surface area contributed by atoms with Crippen molar-refractivity contribution in [3.8, 4) is 0 Å². The zero-order valence-corrected chi connectivity index (χ0v) is 16.6. The Hall–Kier alpha value is -2.18. The molecule has 0 spiro atoms. The minimum atomic E-state index is -0.113. The number of hydrogen-bond donors (Lipinski definition) is 1. The first kappa shape index (κ1) is 19.2. The minimum Gasteiger partial charge on any atom is -0.459 e. The maximum Gasteiger partial charge on any atom is 0.287 e. The van der Waals surface area contributed by atoms with E-state index in [4.69, 9.17) is 4.42 Å². The number of nitrogens with one attached hydrogen (secondary N) is 1. The molecule has 4 atom stereocenters. The Morgan fingerprint density at radius 1 is 1.36 bits per heavy atom. The number of carbonyl (C=O) groups is 1. The number of fused-ring (bicyclic) bond motifs is 3. The highest BCUT2D eigenvalue weighted by Gasteiger charge is 2.40. The van der Waals surface area contributed by atoms with Crippen molar-refractivity contribution in [1.29, 1.82) is 0 Å². The SMILES string of the molecule is CN(CCc1ccccn1)C[C@H]1CN2CC[C@H]1C[C@@H]2CNC(=O)c1ccco1. The normalized spacial score (nSPS) is 26.5. The monoisotopic (exact) mass is 382 g/mol. The number of pyridine rings is 1. The van der Waals surface area contributed by atoms with Gasteiger partial charge in [0, 0.05) is 50.5 Å². The molecule has 2 aromatic heterocycles. The standard InChI is InChI=1S/C22H30N4O2/c1-25(10-8-19-5-2-3-9-23-19)15-18-16-26-11-7-17(18)13-20(26)14-24-22(27)21-6-4-12-28-21/h2-6,9,12,17-18,20H,7-8,10-11,13-16H2,1H3,(H,24,27)/t17-,18-,20+/m0/s1. The molecule has 28 heavy (non-hydrogen) atoms. The molecule has 2 aromatic rings. The van der Waals surface area contributed by atoms with E-state index in [2.05, 4.69) is 39.3 Å². The van der Waals surface area contributed by atoms with Gasteiger partial charge in [0.1, 0.15) is 0 Å². The Morgan fingerprint density at radius 3 is 3.00 bits per heavy atom. The average Bonchev–Trinajstić information content (AvgIpc) is 3.27. The van der Waals surface area contributed by atoms with Crippen LogP contribution in [-0.2, 0) is 6.42 Å². The van der Waals surface area contributed by atoms with Gasteiger partial charge >= 0.3 is 0 Å². The lowest BCUT2D eigenvalue weighted by atomic mass is 9.75. The zero-order valence-electron chi connectivity index (χ0n) is 16.6. The van der Waals surface area contributed by atoms with E-state index in [1.165, 1.54) is 19.1 Å². The van der Waals surface area contributed by atoms with E-state index < -0.39 is 0 Å². The van der Waals surface area contributed by atoms with E-state index in [1.54, 1.807) is 12.1 Å². The van der Waals surface area contributed by atoms with Crippen LogP contribution in [0.25, 0.3) is 0 Å². The molecule has 3 aliphatic rings. The van der Waals surface area contributed by atoms with Crippen molar-refractivity contribution in [3.63, 3.8) is 0 Å². The lowest BCUT2D eigenvalue weighted by Gasteiger charge is -2.50. The van der Waals surface area contributed by atoms with Gasteiger partial charge in [-0.1, -0.05) is 6.07 Å². The molecule has 3 aliphatic heterocycles. The highest BCUT2D eigenvalue weighted by molar-refractivity contribution is 5.91. The van der Waals surface area contributed by atoms with Gasteiger partial charge in [-0.2, -0.15) is 0 Å². The van der Waals surface area contributed by atoms with Crippen LogP contribution in [0.4, 0.5) is 0 Å². The summed E-state index contributed by atoms with van der Waals surface area (Å²) in [6.07, 6.45) is 6.86. The van der Waals surface area contributed by atoms with Crippen molar-refractivity contribution < 1.29 is 9.21 Å². The summed E-state index contributed by atoms with van der Waals surface area (Å²) in [6.45, 7) is 5.18. The molecule has 1 amide bonds. The summed E-state index contributed by atoms with van der Waals surface area (Å²) in [5, 5.41) is 3.04. The van der Waals surface area contributed by atoms with Crippen LogP contribution in [-0.4, -0.2) is 66.5 Å². The van der Waals surface area contributed by atoms with E-state index in [1.807, 2.05) is 12.3 Å². The van der Waals surface area contributed by atoms with Gasteiger partial charge in [0.05, 0.1) is 6.26 Å². The maximum atomic E-state index is 12.1. The van der Waals surface area contributed by atoms with Crippen LogP contribution in [0.3, 0.4) is 0 Å². The number of rotatable bonds is 8. The van der Waals surface area contributed by atoms with Crippen LogP contribution in [0.5, 0.6) is 0 Å². The van der Waals surface area contributed by atoms with Crippen LogP contribution >= 0.6 is 0 Å². The molecule has 2 bridgehead atoms. The van der Waals surface area contributed by atoms with Gasteiger partial charge in [-0.05, 0) is 62.5 Å². The van der Waals surface area contributed by atoms with Gasteiger partial charge in [0.25, 0.3) is 5.91 Å². The largest absolute Gasteiger partial charge is 0.459 e. The van der Waals surface area contributed by atoms with Gasteiger partial charge in [-0.3, -0.25) is 14.7 Å². The number of amides is 1. The molecule has 3 fully saturated rings. The van der Waals surface area contributed by atoms with E-state index >= 15 is 0 Å². The molecule has 0 aromatic carbocycles. The van der Waals surface area contributed by atoms with Crippen molar-refractivity contribution in [2.24, 2.45) is 11.8 Å². The van der Waals surface area contributed by atoms with Crippen LogP contribution in [0.1, 0.15) is 29.1 Å². The first-order valence-electron chi connectivity index (χ1n) is 10.3. The fourth-order valence-corrected chi connectivity index (χ4v) is 4.72. The molecule has 3 saturated heterocycles. The second kappa shape index (κ2) is 8.88. The van der Waals surface area contributed by atoms with Crippen LogP contribution < -0.4 is 5.32 Å². The van der Waals surface area contributed by atoms with Crippen molar-refractivity contribution in [2.45, 2.75) is 25.3 Å². The maximum absolute atomic E-state index is 12.1. The molecule has 6 heteroatoms. The van der Waals surface area contributed by atoms with Crippen molar-refractivity contribution in [2.75, 3.05) is 39.8 Å². The summed E-state index contributed by atoms with van der Waals surface area (Å²) in [6, 6.07) is 10.0. The number of aromatic nitrogens is 1. The summed E-state index contributed by atoms with van der Waals surface area (Å²) >= 11 is 0. The van der Waals surface area contributed by atoms with E-state index in [0.717, 1.165) is 50.1 Å². The van der Waals surface area contributed by atoms with E-state index in [-0.39, 0.29) is 5.91 Å². The second-order valence-corrected chi connectivity index (χ2v) is 8.21. The lowest BCUT2D eigenvalue weighted by molar-refractivity contribution is -0.00878. The smallest absolute Gasteiger partial charge is 0.287 e. The second-order valence-electron chi connectivity index (χ2n) is 8.21. The predicted octanol–water partition coefficient (Wildman–Crippen LogP) is 2.29. The molecule has 5 rings (SSSR count). The molecule has 150 valence electrons. The number of likely N-dealkylation sites (N-methyl/N-ethyl adjacent to an activating group) is 1. The Morgan fingerprint density at radius 2 is 2.29 bits per heavy atom. The highest BCUT2D eigenvalue weighted by Crippen LogP contribution is 2.36. The van der Waals surface area contributed by atoms with E-state index in [0.29, 0.717) is 18.3 Å². The number of hydrogen-bond acceptors (Lipinski definition) is 5. The molecule has 1 N–H and O–H groups in total. The predicted molar refractivity (Wildman–Crippen MR) is 108 cm³/mol. The molecular weight excluding hydrogens is 352 g/mol. The third-order valence-electron chi connectivity index (χ3n) is 6.28. The summed E-state index contributed by atoms with van der Waals surface area (Å²) in [4.78, 5) is 21.6. The molecule has 5 heterocycles. The average molecular weight is 383 g/mol. The van der Waals surface area contributed by atoms with Gasteiger partial charge in [-0.25, -0.2) is 0 Å². The van der Waals surface area contributed by atoms with Gasteiger partial charge in [0.15, 0.2) is 5.76 Å². The third-order valence-corrected chi connectivity index (χ3v) is 6.28. The Labute approximate surface area is 166 Å². The Bertz CT molecular complexity index is 749. The minimum absolute atomic E-state index is 0.113.